The molecule has 0 saturated heterocycles. The normalized spacial score (nSPS) is 11.0. The standard InChI is InChI=1S/C17H21BrClNO2/c1-2-3-4-5-6-7-8-15(21)22-14-11-20-13-10-9-12(18)17(19)16(13)14/h9-11,20H,2-8H2,1H3. The highest BCUT2D eigenvalue weighted by molar-refractivity contribution is 9.10. The smallest absolute Gasteiger partial charge is 0.311 e. The quantitative estimate of drug-likeness (QED) is 0.431. The maximum atomic E-state index is 11.9. The Morgan fingerprint density at radius 2 is 1.95 bits per heavy atom. The number of esters is 1. The van der Waals surface area contributed by atoms with Gasteiger partial charge in [0.25, 0.3) is 0 Å². The molecule has 0 atom stereocenters. The number of carbonyl (C=O) groups excluding carboxylic acids is 1. The highest BCUT2D eigenvalue weighted by Gasteiger charge is 2.14. The van der Waals surface area contributed by atoms with Gasteiger partial charge in [-0.05, 0) is 34.5 Å². The third-order valence-corrected chi connectivity index (χ3v) is 4.94. The molecule has 3 nitrogen and oxygen atoms in total. The zero-order chi connectivity index (χ0) is 15.9. The molecule has 0 saturated carbocycles. The van der Waals surface area contributed by atoms with Crippen LogP contribution in [-0.2, 0) is 4.79 Å². The number of H-pyrrole nitrogens is 1. The monoisotopic (exact) mass is 385 g/mol. The van der Waals surface area contributed by atoms with E-state index in [1.54, 1.807) is 6.20 Å². The van der Waals surface area contributed by atoms with E-state index < -0.39 is 0 Å². The number of nitrogens with one attached hydrogen (secondary N) is 1. The van der Waals surface area contributed by atoms with Gasteiger partial charge in [-0.1, -0.05) is 50.6 Å². The van der Waals surface area contributed by atoms with Crippen LogP contribution >= 0.6 is 27.5 Å². The van der Waals surface area contributed by atoms with Crippen molar-refractivity contribution in [2.75, 3.05) is 0 Å². The minimum absolute atomic E-state index is 0.201. The SMILES string of the molecule is CCCCCCCCC(=O)Oc1c[nH]c2ccc(Br)c(Cl)c12. The van der Waals surface area contributed by atoms with E-state index in [2.05, 4.69) is 27.8 Å². The molecule has 0 unspecified atom stereocenters. The average Bonchev–Trinajstić information content (AvgIpc) is 2.90. The highest BCUT2D eigenvalue weighted by atomic mass is 79.9. The Labute approximate surface area is 144 Å². The molecule has 0 aliphatic heterocycles. The Morgan fingerprint density at radius 3 is 2.73 bits per heavy atom. The van der Waals surface area contributed by atoms with Crippen molar-refractivity contribution >= 4 is 44.4 Å². The largest absolute Gasteiger partial charge is 0.424 e. The van der Waals surface area contributed by atoms with E-state index in [1.807, 2.05) is 12.1 Å². The molecule has 0 aliphatic carbocycles. The lowest BCUT2D eigenvalue weighted by Gasteiger charge is -2.05. The van der Waals surface area contributed by atoms with Crippen LogP contribution in [0.3, 0.4) is 0 Å². The van der Waals surface area contributed by atoms with Gasteiger partial charge in [-0.25, -0.2) is 0 Å². The summed E-state index contributed by atoms with van der Waals surface area (Å²) in [5.41, 5.74) is 0.857. The maximum Gasteiger partial charge on any atom is 0.311 e. The summed E-state index contributed by atoms with van der Waals surface area (Å²) in [5, 5.41) is 1.30. The Morgan fingerprint density at radius 1 is 1.23 bits per heavy atom. The Balaban J connectivity index is 1.88. The zero-order valence-electron chi connectivity index (χ0n) is 12.8. The number of unbranched alkanes of at least 4 members (excludes halogenated alkanes) is 5. The molecule has 1 aromatic carbocycles. The number of aromatic amines is 1. The van der Waals surface area contributed by atoms with Gasteiger partial charge in [0.15, 0.2) is 5.75 Å². The molecular weight excluding hydrogens is 366 g/mol. The predicted molar refractivity (Wildman–Crippen MR) is 94.6 cm³/mol. The van der Waals surface area contributed by atoms with Gasteiger partial charge in [-0.15, -0.1) is 0 Å². The van der Waals surface area contributed by atoms with Crippen LogP contribution in [0, 0.1) is 0 Å². The first-order chi connectivity index (χ1) is 10.6. The lowest BCUT2D eigenvalue weighted by molar-refractivity contribution is -0.134. The number of benzene rings is 1. The molecule has 0 radical (unpaired) electrons. The first kappa shape index (κ1) is 17.4. The summed E-state index contributed by atoms with van der Waals surface area (Å²) in [6.07, 6.45) is 9.03. The van der Waals surface area contributed by atoms with Gasteiger partial charge in [-0.3, -0.25) is 4.79 Å². The molecule has 5 heteroatoms. The molecule has 1 aromatic heterocycles. The van der Waals surface area contributed by atoms with Crippen molar-refractivity contribution in [3.8, 4) is 5.75 Å². The third-order valence-electron chi connectivity index (χ3n) is 3.66. The fraction of sp³-hybridized carbons (Fsp3) is 0.471. The Hall–Kier alpha value is -1.000. The van der Waals surface area contributed by atoms with Crippen molar-refractivity contribution in [3.05, 3.63) is 27.8 Å². The van der Waals surface area contributed by atoms with Crippen LogP contribution in [0.1, 0.15) is 51.9 Å². The predicted octanol–water partition coefficient (Wildman–Crippen LogP) is 6.24. The molecular formula is C17H21BrClNO2. The minimum atomic E-state index is -0.201. The summed E-state index contributed by atoms with van der Waals surface area (Å²) >= 11 is 9.66. The second-order valence-corrected chi connectivity index (χ2v) is 6.66. The van der Waals surface area contributed by atoms with Crippen LogP contribution in [-0.4, -0.2) is 11.0 Å². The van der Waals surface area contributed by atoms with Crippen LogP contribution in [0.4, 0.5) is 0 Å². The van der Waals surface area contributed by atoms with Crippen LogP contribution in [0.5, 0.6) is 5.75 Å². The molecule has 2 rings (SSSR count). The van der Waals surface area contributed by atoms with Crippen molar-refractivity contribution in [2.45, 2.75) is 51.9 Å². The van der Waals surface area contributed by atoms with Crippen LogP contribution < -0.4 is 4.74 Å². The number of hydrogen-bond acceptors (Lipinski definition) is 2. The van der Waals surface area contributed by atoms with Crippen LogP contribution in [0.15, 0.2) is 22.8 Å². The van der Waals surface area contributed by atoms with E-state index in [-0.39, 0.29) is 5.97 Å². The van der Waals surface area contributed by atoms with E-state index in [0.717, 1.165) is 28.2 Å². The van der Waals surface area contributed by atoms with E-state index in [9.17, 15) is 4.79 Å². The summed E-state index contributed by atoms with van der Waals surface area (Å²) in [6, 6.07) is 3.76. The molecule has 0 bridgehead atoms. The van der Waals surface area contributed by atoms with E-state index in [4.69, 9.17) is 16.3 Å². The van der Waals surface area contributed by atoms with E-state index in [1.165, 1.54) is 25.7 Å². The first-order valence-electron chi connectivity index (χ1n) is 7.79. The molecule has 2 aromatic rings. The van der Waals surface area contributed by atoms with Gasteiger partial charge >= 0.3 is 5.97 Å². The molecule has 1 N–H and O–H groups in total. The van der Waals surface area contributed by atoms with Crippen molar-refractivity contribution in [2.24, 2.45) is 0 Å². The Kier molecular flexibility index (Phi) is 6.77. The third kappa shape index (κ3) is 4.50. The van der Waals surface area contributed by atoms with Crippen molar-refractivity contribution in [1.82, 2.24) is 4.98 Å². The molecule has 0 fully saturated rings. The number of aromatic nitrogens is 1. The topological polar surface area (TPSA) is 42.1 Å². The first-order valence-corrected chi connectivity index (χ1v) is 8.96. The molecule has 0 amide bonds. The number of rotatable bonds is 8. The zero-order valence-corrected chi connectivity index (χ0v) is 15.1. The van der Waals surface area contributed by atoms with E-state index in [0.29, 0.717) is 17.2 Å². The van der Waals surface area contributed by atoms with Crippen LogP contribution in [0.25, 0.3) is 10.9 Å². The number of halogens is 2. The van der Waals surface area contributed by atoms with E-state index >= 15 is 0 Å². The summed E-state index contributed by atoms with van der Waals surface area (Å²) in [4.78, 5) is 15.0. The molecule has 120 valence electrons. The summed E-state index contributed by atoms with van der Waals surface area (Å²) in [6.45, 7) is 2.20. The number of carbonyl (C=O) groups is 1. The molecule has 22 heavy (non-hydrogen) atoms. The number of fused-ring (bicyclic) bond motifs is 1. The van der Waals surface area contributed by atoms with Gasteiger partial charge in [0, 0.05) is 17.1 Å². The molecule has 1 heterocycles. The average molecular weight is 387 g/mol. The minimum Gasteiger partial charge on any atom is -0.424 e. The summed E-state index contributed by atoms with van der Waals surface area (Å²) in [5.74, 6) is 0.296. The van der Waals surface area contributed by atoms with Crippen LogP contribution in [0.2, 0.25) is 5.02 Å². The Bertz CT molecular complexity index is 639. The van der Waals surface area contributed by atoms with Gasteiger partial charge in [-0.2, -0.15) is 0 Å². The van der Waals surface area contributed by atoms with Gasteiger partial charge in [0.05, 0.1) is 15.9 Å². The maximum absolute atomic E-state index is 11.9. The van der Waals surface area contributed by atoms with Gasteiger partial charge < -0.3 is 9.72 Å². The second-order valence-electron chi connectivity index (χ2n) is 5.43. The summed E-state index contributed by atoms with van der Waals surface area (Å²) in [7, 11) is 0. The lowest BCUT2D eigenvalue weighted by atomic mass is 10.1. The molecule has 0 spiro atoms. The number of ether oxygens (including phenoxy) is 1. The second kappa shape index (κ2) is 8.59. The van der Waals surface area contributed by atoms with Crippen molar-refractivity contribution in [1.29, 1.82) is 0 Å². The highest BCUT2D eigenvalue weighted by Crippen LogP contribution is 2.37. The van der Waals surface area contributed by atoms with Crippen molar-refractivity contribution < 1.29 is 9.53 Å². The fourth-order valence-electron chi connectivity index (χ4n) is 2.43. The van der Waals surface area contributed by atoms with Gasteiger partial charge in [0.1, 0.15) is 0 Å². The van der Waals surface area contributed by atoms with Crippen molar-refractivity contribution in [3.63, 3.8) is 0 Å². The molecule has 0 aliphatic rings. The lowest BCUT2D eigenvalue weighted by Crippen LogP contribution is -2.07. The number of hydrogen-bond donors (Lipinski definition) is 1. The fourth-order valence-corrected chi connectivity index (χ4v) is 3.02. The summed E-state index contributed by atoms with van der Waals surface area (Å²) < 4.78 is 6.24. The van der Waals surface area contributed by atoms with Gasteiger partial charge in [0.2, 0.25) is 0 Å².